The van der Waals surface area contributed by atoms with Gasteiger partial charge >= 0.3 is 0 Å². The Hall–Kier alpha value is -3.80. The number of rotatable bonds is 7. The van der Waals surface area contributed by atoms with Gasteiger partial charge in [0.2, 0.25) is 5.91 Å². The van der Waals surface area contributed by atoms with E-state index in [1.807, 2.05) is 31.2 Å². The number of anilines is 1. The van der Waals surface area contributed by atoms with Gasteiger partial charge in [0.05, 0.1) is 23.5 Å². The maximum absolute atomic E-state index is 12.9. The van der Waals surface area contributed by atoms with E-state index < -0.39 is 0 Å². The highest BCUT2D eigenvalue weighted by atomic mass is 35.5. The molecular weight excluding hydrogens is 517 g/mol. The first-order chi connectivity index (χ1) is 18.3. The second kappa shape index (κ2) is 10.9. The number of halogens is 2. The van der Waals surface area contributed by atoms with Crippen molar-refractivity contribution in [3.8, 4) is 28.1 Å². The van der Waals surface area contributed by atoms with E-state index in [-0.39, 0.29) is 12.3 Å². The molecule has 0 saturated heterocycles. The molecule has 0 unspecified atom stereocenters. The Morgan fingerprint density at radius 1 is 0.947 bits per heavy atom. The summed E-state index contributed by atoms with van der Waals surface area (Å²) in [7, 11) is 1.56. The number of ether oxygens (including phenoxy) is 1. The molecule has 0 saturated carbocycles. The molecule has 0 bridgehead atoms. The van der Waals surface area contributed by atoms with Crippen LogP contribution in [0, 0.1) is 13.8 Å². The van der Waals surface area contributed by atoms with Crippen LogP contribution in [0.4, 0.5) is 5.69 Å². The zero-order chi connectivity index (χ0) is 26.8. The minimum atomic E-state index is -0.110. The zero-order valence-corrected chi connectivity index (χ0v) is 22.9. The number of pyridine rings is 1. The summed E-state index contributed by atoms with van der Waals surface area (Å²) in [6, 6.07) is 23.5. The van der Waals surface area contributed by atoms with Gasteiger partial charge in [-0.25, -0.2) is 4.98 Å². The summed E-state index contributed by atoms with van der Waals surface area (Å²) in [5.74, 6) is 0.450. The lowest BCUT2D eigenvalue weighted by atomic mass is 10.0. The van der Waals surface area contributed by atoms with Gasteiger partial charge < -0.3 is 14.5 Å². The fourth-order valence-electron chi connectivity index (χ4n) is 4.58. The van der Waals surface area contributed by atoms with E-state index in [9.17, 15) is 4.79 Å². The second-order valence-electron chi connectivity index (χ2n) is 9.28. The SMILES string of the molecule is COc1ccc(NC(=O)CCc2c(-c3ccc(C)cc3)nc3ccc(-c4ccc(Cl)cc4C)cn23)cc1Cl. The van der Waals surface area contributed by atoms with Gasteiger partial charge in [-0.3, -0.25) is 4.79 Å². The lowest BCUT2D eigenvalue weighted by Crippen LogP contribution is -2.13. The topological polar surface area (TPSA) is 55.6 Å². The van der Waals surface area contributed by atoms with Crippen molar-refractivity contribution in [2.24, 2.45) is 0 Å². The van der Waals surface area contributed by atoms with Crippen LogP contribution in [0.5, 0.6) is 5.75 Å². The van der Waals surface area contributed by atoms with E-state index in [0.29, 0.717) is 27.9 Å². The Balaban J connectivity index is 1.49. The van der Waals surface area contributed by atoms with Crippen molar-refractivity contribution in [2.75, 3.05) is 12.4 Å². The van der Waals surface area contributed by atoms with E-state index in [1.54, 1.807) is 25.3 Å². The molecule has 7 heteroatoms. The van der Waals surface area contributed by atoms with Crippen LogP contribution in [0.2, 0.25) is 10.0 Å². The Bertz CT molecular complexity index is 1640. The Morgan fingerprint density at radius 2 is 1.71 bits per heavy atom. The van der Waals surface area contributed by atoms with E-state index >= 15 is 0 Å². The number of imidazole rings is 1. The second-order valence-corrected chi connectivity index (χ2v) is 10.1. The average Bonchev–Trinajstić information content (AvgIpc) is 3.26. The number of carbonyl (C=O) groups excluding carboxylic acids is 1. The van der Waals surface area contributed by atoms with Gasteiger partial charge in [0, 0.05) is 28.9 Å². The summed E-state index contributed by atoms with van der Waals surface area (Å²) in [4.78, 5) is 17.9. The number of amides is 1. The number of benzene rings is 3. The third kappa shape index (κ3) is 5.40. The van der Waals surface area contributed by atoms with Crippen molar-refractivity contribution in [1.29, 1.82) is 0 Å². The Labute approximate surface area is 232 Å². The molecule has 1 amide bonds. The fourth-order valence-corrected chi connectivity index (χ4v) is 5.07. The summed E-state index contributed by atoms with van der Waals surface area (Å²) < 4.78 is 7.29. The number of nitrogens with zero attached hydrogens (tertiary/aromatic N) is 2. The third-order valence-corrected chi connectivity index (χ3v) is 7.10. The molecule has 0 aliphatic carbocycles. The minimum Gasteiger partial charge on any atom is -0.495 e. The summed E-state index contributed by atoms with van der Waals surface area (Å²) in [5.41, 5.74) is 8.73. The maximum atomic E-state index is 12.9. The highest BCUT2D eigenvalue weighted by Crippen LogP contribution is 2.31. The number of fused-ring (bicyclic) bond motifs is 1. The molecule has 5 aromatic rings. The van der Waals surface area contributed by atoms with E-state index in [1.165, 1.54) is 5.56 Å². The van der Waals surface area contributed by atoms with Gasteiger partial charge in [0.25, 0.3) is 0 Å². The van der Waals surface area contributed by atoms with Crippen molar-refractivity contribution in [3.63, 3.8) is 0 Å². The number of hydrogen-bond donors (Lipinski definition) is 1. The largest absolute Gasteiger partial charge is 0.495 e. The van der Waals surface area contributed by atoms with Gasteiger partial charge in [0.1, 0.15) is 11.4 Å². The van der Waals surface area contributed by atoms with Crippen LogP contribution in [0.3, 0.4) is 0 Å². The molecular formula is C31H27Cl2N3O2. The predicted octanol–water partition coefficient (Wildman–Crippen LogP) is 8.17. The van der Waals surface area contributed by atoms with E-state index in [0.717, 1.165) is 39.3 Å². The quantitative estimate of drug-likeness (QED) is 0.225. The maximum Gasteiger partial charge on any atom is 0.224 e. The number of aryl methyl sites for hydroxylation is 3. The number of hydrogen-bond acceptors (Lipinski definition) is 3. The number of methoxy groups -OCH3 is 1. The molecule has 5 rings (SSSR count). The molecule has 38 heavy (non-hydrogen) atoms. The van der Waals surface area contributed by atoms with E-state index in [4.69, 9.17) is 32.9 Å². The van der Waals surface area contributed by atoms with Crippen LogP contribution in [0.1, 0.15) is 23.2 Å². The summed E-state index contributed by atoms with van der Waals surface area (Å²) in [6.07, 6.45) is 2.87. The van der Waals surface area contributed by atoms with Crippen molar-refractivity contribution in [2.45, 2.75) is 26.7 Å². The van der Waals surface area contributed by atoms with E-state index in [2.05, 4.69) is 53.2 Å². The van der Waals surface area contributed by atoms with Gasteiger partial charge in [-0.2, -0.15) is 0 Å². The Kier molecular flexibility index (Phi) is 7.41. The molecule has 0 radical (unpaired) electrons. The Morgan fingerprint density at radius 3 is 2.42 bits per heavy atom. The van der Waals surface area contributed by atoms with Crippen LogP contribution in [0.15, 0.2) is 79.0 Å². The summed E-state index contributed by atoms with van der Waals surface area (Å²) in [5, 5.41) is 4.09. The van der Waals surface area contributed by atoms with Crippen LogP contribution < -0.4 is 10.1 Å². The summed E-state index contributed by atoms with van der Waals surface area (Å²) in [6.45, 7) is 4.11. The molecule has 2 heterocycles. The standard InChI is InChI=1S/C31H27Cl2N3O2/c1-19-4-6-21(7-5-19)31-27(12-15-30(37)34-24-10-13-28(38-3)26(33)17-24)36-18-22(8-14-29(36)35-31)25-11-9-23(32)16-20(25)2/h4-11,13-14,16-18H,12,15H2,1-3H3,(H,34,37). The van der Waals surface area contributed by atoms with Gasteiger partial charge in [-0.05, 0) is 79.4 Å². The van der Waals surface area contributed by atoms with Gasteiger partial charge in [-0.1, -0.05) is 59.1 Å². The van der Waals surface area contributed by atoms with Crippen LogP contribution in [-0.2, 0) is 11.2 Å². The first-order valence-electron chi connectivity index (χ1n) is 12.3. The monoisotopic (exact) mass is 543 g/mol. The highest BCUT2D eigenvalue weighted by molar-refractivity contribution is 6.32. The summed E-state index contributed by atoms with van der Waals surface area (Å²) >= 11 is 12.4. The van der Waals surface area contributed by atoms with Gasteiger partial charge in [-0.15, -0.1) is 0 Å². The van der Waals surface area contributed by atoms with Crippen molar-refractivity contribution >= 4 is 40.4 Å². The van der Waals surface area contributed by atoms with Crippen molar-refractivity contribution in [3.05, 3.63) is 106 Å². The first-order valence-corrected chi connectivity index (χ1v) is 13.1. The number of carbonyl (C=O) groups is 1. The lowest BCUT2D eigenvalue weighted by Gasteiger charge is -2.11. The highest BCUT2D eigenvalue weighted by Gasteiger charge is 2.17. The molecule has 5 nitrogen and oxygen atoms in total. The minimum absolute atomic E-state index is 0.110. The van der Waals surface area contributed by atoms with Crippen LogP contribution in [0.25, 0.3) is 28.0 Å². The molecule has 1 N–H and O–H groups in total. The molecule has 0 spiro atoms. The smallest absolute Gasteiger partial charge is 0.224 e. The fraction of sp³-hybridized carbons (Fsp3) is 0.161. The molecule has 3 aromatic carbocycles. The lowest BCUT2D eigenvalue weighted by molar-refractivity contribution is -0.116. The first kappa shape index (κ1) is 25.8. The molecule has 0 fully saturated rings. The zero-order valence-electron chi connectivity index (χ0n) is 21.4. The number of aromatic nitrogens is 2. The van der Waals surface area contributed by atoms with Crippen molar-refractivity contribution < 1.29 is 9.53 Å². The van der Waals surface area contributed by atoms with Crippen molar-refractivity contribution in [1.82, 2.24) is 9.38 Å². The number of nitrogens with one attached hydrogen (secondary N) is 1. The van der Waals surface area contributed by atoms with Gasteiger partial charge in [0.15, 0.2) is 0 Å². The molecule has 0 aliphatic heterocycles. The molecule has 192 valence electrons. The normalized spacial score (nSPS) is 11.1. The predicted molar refractivity (Wildman–Crippen MR) is 156 cm³/mol. The third-order valence-electron chi connectivity index (χ3n) is 6.57. The van der Waals surface area contributed by atoms with Crippen LogP contribution in [-0.4, -0.2) is 22.4 Å². The van der Waals surface area contributed by atoms with Crippen LogP contribution >= 0.6 is 23.2 Å². The molecule has 0 atom stereocenters. The molecule has 2 aromatic heterocycles. The average molecular weight is 544 g/mol. The molecule has 0 aliphatic rings.